The van der Waals surface area contributed by atoms with Crippen LogP contribution >= 0.6 is 0 Å². The summed E-state index contributed by atoms with van der Waals surface area (Å²) < 4.78 is 5.37. The van der Waals surface area contributed by atoms with Crippen LogP contribution in [0.3, 0.4) is 0 Å². The molecule has 0 radical (unpaired) electrons. The minimum Gasteiger partial charge on any atom is -0.449 e. The fraction of sp³-hybridized carbons (Fsp3) is 0.536. The minimum absolute atomic E-state index is 0.524. The van der Waals surface area contributed by atoms with Crippen molar-refractivity contribution < 1.29 is 14.6 Å². The third-order valence-corrected chi connectivity index (χ3v) is 5.91. The quantitative estimate of drug-likeness (QED) is 0.276. The molecular weight excluding hydrogens is 384 g/mol. The van der Waals surface area contributed by atoms with Gasteiger partial charge in [-0.1, -0.05) is 84.9 Å². The van der Waals surface area contributed by atoms with E-state index in [9.17, 15) is 9.90 Å². The van der Waals surface area contributed by atoms with Gasteiger partial charge in [0.1, 0.15) is 5.75 Å². The molecule has 2 rings (SSSR count). The largest absolute Gasteiger partial charge is 0.511 e. The summed E-state index contributed by atoms with van der Waals surface area (Å²) in [4.78, 5) is 11.5. The zero-order chi connectivity index (χ0) is 22.8. The van der Waals surface area contributed by atoms with Crippen LogP contribution in [0.15, 0.2) is 24.3 Å². The highest BCUT2D eigenvalue weighted by Crippen LogP contribution is 2.40. The number of hydrogen-bond acceptors (Lipinski definition) is 2. The molecule has 2 aromatic rings. The Morgan fingerprint density at radius 2 is 1.26 bits per heavy atom. The summed E-state index contributed by atoms with van der Waals surface area (Å²) in [6.45, 7) is 11.0. The molecule has 0 heterocycles. The van der Waals surface area contributed by atoms with Gasteiger partial charge in [0.15, 0.2) is 0 Å². The molecule has 0 aliphatic carbocycles. The van der Waals surface area contributed by atoms with Gasteiger partial charge in [-0.3, -0.25) is 0 Å². The van der Waals surface area contributed by atoms with Crippen molar-refractivity contribution in [2.75, 3.05) is 0 Å². The maximum atomic E-state index is 11.5. The first-order valence-corrected chi connectivity index (χ1v) is 12.2. The minimum atomic E-state index is -1.23. The summed E-state index contributed by atoms with van der Waals surface area (Å²) in [5.74, 6) is 0.524. The Morgan fingerprint density at radius 1 is 0.710 bits per heavy atom. The third kappa shape index (κ3) is 6.12. The lowest BCUT2D eigenvalue weighted by molar-refractivity contribution is 0.144. The number of hydrogen-bond donors (Lipinski definition) is 1. The first kappa shape index (κ1) is 25.0. The van der Waals surface area contributed by atoms with Gasteiger partial charge in [0.05, 0.1) is 0 Å². The van der Waals surface area contributed by atoms with Crippen LogP contribution in [-0.4, -0.2) is 11.3 Å². The molecule has 2 aromatic carbocycles. The van der Waals surface area contributed by atoms with E-state index in [0.29, 0.717) is 5.75 Å². The molecule has 0 aromatic heterocycles. The number of rotatable bonds is 12. The highest BCUT2D eigenvalue weighted by Gasteiger charge is 2.22. The molecule has 0 bridgehead atoms. The van der Waals surface area contributed by atoms with Gasteiger partial charge in [-0.05, 0) is 77.1 Å². The molecule has 0 atom stereocenters. The first-order valence-electron chi connectivity index (χ1n) is 12.2. The molecular formula is C28H40O3. The Kier molecular flexibility index (Phi) is 10.1. The van der Waals surface area contributed by atoms with Gasteiger partial charge in [0, 0.05) is 0 Å². The van der Waals surface area contributed by atoms with Gasteiger partial charge in [0.25, 0.3) is 0 Å². The third-order valence-electron chi connectivity index (χ3n) is 5.91. The molecule has 0 saturated carbocycles. The normalized spacial score (nSPS) is 11.0. The maximum Gasteiger partial charge on any atom is 0.511 e. The second kappa shape index (κ2) is 12.5. The molecule has 0 aliphatic heterocycles. The van der Waals surface area contributed by atoms with E-state index in [1.165, 1.54) is 33.4 Å². The predicted octanol–water partition coefficient (Wildman–Crippen LogP) is 8.17. The smallest absolute Gasteiger partial charge is 0.449 e. The molecule has 3 nitrogen and oxygen atoms in total. The summed E-state index contributed by atoms with van der Waals surface area (Å²) in [6, 6.07) is 8.66. The van der Waals surface area contributed by atoms with Crippen LogP contribution < -0.4 is 4.74 Å². The van der Waals surface area contributed by atoms with Gasteiger partial charge < -0.3 is 9.84 Å². The zero-order valence-corrected chi connectivity index (χ0v) is 20.1. The standard InChI is InChI=1S/C28H40O3/c1-6-12-20-17-11-18-24(21(20)13-7-2)26-19-27(31-28(29)30)25(16-10-5)22(14-8-3)23(26)15-9-4/h11,17-19H,6-10,12-16H2,1-5H3,(H,29,30). The number of ether oxygens (including phenoxy) is 1. The SMILES string of the molecule is CCCc1cccc(-c2cc(OC(=O)O)c(CCC)c(CCC)c2CCC)c1CCC. The van der Waals surface area contributed by atoms with E-state index >= 15 is 0 Å². The number of carboxylic acid groups (broad SMARTS) is 1. The van der Waals surface area contributed by atoms with Gasteiger partial charge in [-0.2, -0.15) is 0 Å². The molecule has 170 valence electrons. The first-order chi connectivity index (χ1) is 15.0. The van der Waals surface area contributed by atoms with E-state index in [2.05, 4.69) is 52.8 Å². The van der Waals surface area contributed by atoms with E-state index in [1.54, 1.807) is 0 Å². The topological polar surface area (TPSA) is 46.5 Å². The summed E-state index contributed by atoms with van der Waals surface area (Å²) in [6.07, 6.45) is 8.92. The Hall–Kier alpha value is -2.29. The molecule has 0 spiro atoms. The molecule has 1 N–H and O–H groups in total. The van der Waals surface area contributed by atoms with Crippen LogP contribution in [-0.2, 0) is 32.1 Å². The molecule has 0 amide bonds. The van der Waals surface area contributed by atoms with Crippen molar-refractivity contribution in [3.8, 4) is 16.9 Å². The van der Waals surface area contributed by atoms with Gasteiger partial charge in [0.2, 0.25) is 0 Å². The van der Waals surface area contributed by atoms with Crippen LogP contribution in [0.4, 0.5) is 4.79 Å². The van der Waals surface area contributed by atoms with Gasteiger partial charge in [-0.15, -0.1) is 0 Å². The zero-order valence-electron chi connectivity index (χ0n) is 20.1. The molecule has 3 heteroatoms. The lowest BCUT2D eigenvalue weighted by Crippen LogP contribution is -2.11. The lowest BCUT2D eigenvalue weighted by atomic mass is 9.82. The molecule has 0 unspecified atom stereocenters. The van der Waals surface area contributed by atoms with E-state index in [4.69, 9.17) is 4.74 Å². The summed E-state index contributed by atoms with van der Waals surface area (Å²) >= 11 is 0. The highest BCUT2D eigenvalue weighted by molar-refractivity contribution is 5.77. The van der Waals surface area contributed by atoms with Crippen LogP contribution in [0.25, 0.3) is 11.1 Å². The van der Waals surface area contributed by atoms with Gasteiger partial charge >= 0.3 is 6.16 Å². The van der Waals surface area contributed by atoms with Crippen LogP contribution in [0.5, 0.6) is 5.75 Å². The van der Waals surface area contributed by atoms with Crippen LogP contribution in [0.2, 0.25) is 0 Å². The average Bonchev–Trinajstić information content (AvgIpc) is 2.73. The van der Waals surface area contributed by atoms with Crippen molar-refractivity contribution in [3.05, 3.63) is 52.1 Å². The predicted molar refractivity (Wildman–Crippen MR) is 131 cm³/mol. The number of carbonyl (C=O) groups is 1. The number of benzene rings is 2. The van der Waals surface area contributed by atoms with Crippen molar-refractivity contribution in [2.45, 2.75) is 98.8 Å². The average molecular weight is 425 g/mol. The Balaban J connectivity index is 2.89. The Morgan fingerprint density at radius 3 is 1.84 bits per heavy atom. The highest BCUT2D eigenvalue weighted by atomic mass is 16.7. The summed E-state index contributed by atoms with van der Waals surface area (Å²) in [5.41, 5.74) is 9.03. The summed E-state index contributed by atoms with van der Waals surface area (Å²) in [7, 11) is 0. The number of aryl methyl sites for hydroxylation is 1. The van der Waals surface area contributed by atoms with Crippen LogP contribution in [0, 0.1) is 0 Å². The molecule has 31 heavy (non-hydrogen) atoms. The molecule has 0 aliphatic rings. The molecule has 0 fully saturated rings. The second-order valence-corrected chi connectivity index (χ2v) is 8.42. The van der Waals surface area contributed by atoms with E-state index < -0.39 is 6.16 Å². The maximum absolute atomic E-state index is 11.5. The van der Waals surface area contributed by atoms with Crippen molar-refractivity contribution in [1.82, 2.24) is 0 Å². The Labute approximate surface area is 188 Å². The fourth-order valence-corrected chi connectivity index (χ4v) is 4.77. The Bertz CT molecular complexity index is 867. The van der Waals surface area contributed by atoms with Crippen molar-refractivity contribution in [2.24, 2.45) is 0 Å². The summed E-state index contributed by atoms with van der Waals surface area (Å²) in [5, 5.41) is 9.45. The van der Waals surface area contributed by atoms with Crippen molar-refractivity contribution in [1.29, 1.82) is 0 Å². The van der Waals surface area contributed by atoms with Gasteiger partial charge in [-0.25, -0.2) is 4.79 Å². The van der Waals surface area contributed by atoms with Crippen LogP contribution in [0.1, 0.15) is 94.5 Å². The monoisotopic (exact) mass is 424 g/mol. The van der Waals surface area contributed by atoms with E-state index in [-0.39, 0.29) is 0 Å². The fourth-order valence-electron chi connectivity index (χ4n) is 4.77. The second-order valence-electron chi connectivity index (χ2n) is 8.42. The molecule has 0 saturated heterocycles. The van der Waals surface area contributed by atoms with E-state index in [1.807, 2.05) is 6.07 Å². The lowest BCUT2D eigenvalue weighted by Gasteiger charge is -2.24. The van der Waals surface area contributed by atoms with Crippen molar-refractivity contribution in [3.63, 3.8) is 0 Å². The van der Waals surface area contributed by atoms with E-state index in [0.717, 1.165) is 69.8 Å². The van der Waals surface area contributed by atoms with Crippen molar-refractivity contribution >= 4 is 6.16 Å².